The van der Waals surface area contributed by atoms with E-state index >= 15 is 0 Å². The van der Waals surface area contributed by atoms with Crippen LogP contribution in [0.1, 0.15) is 28.4 Å². The molecule has 102 valence electrons. The third kappa shape index (κ3) is 2.18. The summed E-state index contributed by atoms with van der Waals surface area (Å²) in [6, 6.07) is 9.94. The Morgan fingerprint density at radius 1 is 1.20 bits per heavy atom. The lowest BCUT2D eigenvalue weighted by molar-refractivity contribution is -0.115. The molecular weight excluding hydrogens is 257 g/mol. The van der Waals surface area contributed by atoms with Crippen molar-refractivity contribution in [2.24, 2.45) is 0 Å². The van der Waals surface area contributed by atoms with Crippen molar-refractivity contribution in [3.05, 3.63) is 64.5 Å². The first-order valence-electron chi connectivity index (χ1n) is 6.41. The third-order valence-electron chi connectivity index (χ3n) is 3.57. The second-order valence-electron chi connectivity index (χ2n) is 5.05. The number of halogens is 1. The summed E-state index contributed by atoms with van der Waals surface area (Å²) in [4.78, 5) is 11.3. The third-order valence-corrected chi connectivity index (χ3v) is 3.57. The van der Waals surface area contributed by atoms with E-state index in [9.17, 15) is 14.3 Å². The Kier molecular flexibility index (Phi) is 3.03. The molecule has 0 saturated heterocycles. The van der Waals surface area contributed by atoms with E-state index in [4.69, 9.17) is 0 Å². The van der Waals surface area contributed by atoms with Crippen LogP contribution in [0.3, 0.4) is 0 Å². The van der Waals surface area contributed by atoms with Gasteiger partial charge in [-0.25, -0.2) is 4.39 Å². The Hall–Kier alpha value is -2.20. The van der Waals surface area contributed by atoms with Crippen LogP contribution in [0.2, 0.25) is 0 Å². The lowest BCUT2D eigenvalue weighted by atomic mass is 9.97. The highest BCUT2D eigenvalue weighted by Gasteiger charge is 2.20. The molecule has 2 aromatic rings. The summed E-state index contributed by atoms with van der Waals surface area (Å²) < 4.78 is 13.3. The minimum atomic E-state index is -0.824. The van der Waals surface area contributed by atoms with E-state index in [0.717, 1.165) is 11.3 Å². The quantitative estimate of drug-likeness (QED) is 0.882. The Balaban J connectivity index is 1.94. The number of benzene rings is 2. The van der Waals surface area contributed by atoms with Crippen molar-refractivity contribution in [2.45, 2.75) is 19.4 Å². The van der Waals surface area contributed by atoms with Gasteiger partial charge < -0.3 is 10.4 Å². The fourth-order valence-corrected chi connectivity index (χ4v) is 2.45. The fourth-order valence-electron chi connectivity index (χ4n) is 2.45. The zero-order chi connectivity index (χ0) is 14.3. The van der Waals surface area contributed by atoms with Gasteiger partial charge in [0.1, 0.15) is 11.9 Å². The van der Waals surface area contributed by atoms with E-state index in [-0.39, 0.29) is 11.7 Å². The predicted molar refractivity (Wildman–Crippen MR) is 74.0 cm³/mol. The van der Waals surface area contributed by atoms with Gasteiger partial charge in [-0.15, -0.1) is 0 Å². The molecule has 3 nitrogen and oxygen atoms in total. The van der Waals surface area contributed by atoms with Crippen molar-refractivity contribution in [1.82, 2.24) is 0 Å². The van der Waals surface area contributed by atoms with Crippen molar-refractivity contribution >= 4 is 11.6 Å². The van der Waals surface area contributed by atoms with Crippen molar-refractivity contribution < 1.29 is 14.3 Å². The Morgan fingerprint density at radius 2 is 1.90 bits per heavy atom. The highest BCUT2D eigenvalue weighted by Crippen LogP contribution is 2.29. The lowest BCUT2D eigenvalue weighted by Crippen LogP contribution is -2.03. The molecule has 1 atom stereocenters. The Bertz CT molecular complexity index is 697. The SMILES string of the molecule is Cc1cc(C(O)c2ccc3c(c2)CC(=O)N3)ccc1F. The van der Waals surface area contributed by atoms with Gasteiger partial charge in [0.2, 0.25) is 5.91 Å². The number of nitrogens with one attached hydrogen (secondary N) is 1. The van der Waals surface area contributed by atoms with Crippen LogP contribution in [0.15, 0.2) is 36.4 Å². The molecule has 3 rings (SSSR count). The molecule has 0 bridgehead atoms. The normalized spacial score (nSPS) is 14.8. The van der Waals surface area contributed by atoms with Gasteiger partial charge in [-0.3, -0.25) is 4.79 Å². The number of aliphatic hydroxyl groups excluding tert-OH is 1. The van der Waals surface area contributed by atoms with Gasteiger partial charge in [-0.2, -0.15) is 0 Å². The lowest BCUT2D eigenvalue weighted by Gasteiger charge is -2.13. The summed E-state index contributed by atoms with van der Waals surface area (Å²) in [5.41, 5.74) is 3.51. The van der Waals surface area contributed by atoms with Crippen LogP contribution in [-0.2, 0) is 11.2 Å². The van der Waals surface area contributed by atoms with Crippen LogP contribution in [0.4, 0.5) is 10.1 Å². The molecule has 0 saturated carbocycles. The largest absolute Gasteiger partial charge is 0.384 e. The van der Waals surface area contributed by atoms with Crippen LogP contribution >= 0.6 is 0 Å². The van der Waals surface area contributed by atoms with E-state index in [1.807, 2.05) is 6.07 Å². The maximum absolute atomic E-state index is 13.3. The van der Waals surface area contributed by atoms with E-state index < -0.39 is 6.10 Å². The van der Waals surface area contributed by atoms with Crippen molar-refractivity contribution in [3.8, 4) is 0 Å². The van der Waals surface area contributed by atoms with Crippen LogP contribution in [0.25, 0.3) is 0 Å². The summed E-state index contributed by atoms with van der Waals surface area (Å²) in [5.74, 6) is -0.325. The first-order chi connectivity index (χ1) is 9.54. The number of fused-ring (bicyclic) bond motifs is 1. The highest BCUT2D eigenvalue weighted by atomic mass is 19.1. The topological polar surface area (TPSA) is 49.3 Å². The van der Waals surface area contributed by atoms with Crippen molar-refractivity contribution in [2.75, 3.05) is 5.32 Å². The molecule has 1 amide bonds. The Morgan fingerprint density at radius 3 is 2.65 bits per heavy atom. The molecule has 0 radical (unpaired) electrons. The number of anilines is 1. The van der Waals surface area contributed by atoms with Crippen molar-refractivity contribution in [3.63, 3.8) is 0 Å². The first-order valence-corrected chi connectivity index (χ1v) is 6.41. The van der Waals surface area contributed by atoms with Gasteiger partial charge in [0.05, 0.1) is 6.42 Å². The fraction of sp³-hybridized carbons (Fsp3) is 0.188. The standard InChI is InChI=1S/C16H14FNO2/c1-9-6-10(2-4-13(9)17)16(20)11-3-5-14-12(7-11)8-15(19)18-14/h2-7,16,20H,8H2,1H3,(H,18,19). The van der Waals surface area contributed by atoms with Crippen LogP contribution < -0.4 is 5.32 Å². The van der Waals surface area contributed by atoms with E-state index in [1.165, 1.54) is 6.07 Å². The number of hydrogen-bond donors (Lipinski definition) is 2. The summed E-state index contributed by atoms with van der Waals surface area (Å²) in [6.07, 6.45) is -0.492. The van der Waals surface area contributed by atoms with Crippen LogP contribution in [0, 0.1) is 12.7 Å². The minimum absolute atomic E-state index is 0.0377. The summed E-state index contributed by atoms with van der Waals surface area (Å²) >= 11 is 0. The number of hydrogen-bond acceptors (Lipinski definition) is 2. The molecule has 0 aliphatic carbocycles. The molecule has 2 aromatic carbocycles. The minimum Gasteiger partial charge on any atom is -0.384 e. The maximum atomic E-state index is 13.3. The van der Waals surface area contributed by atoms with E-state index in [0.29, 0.717) is 23.1 Å². The summed E-state index contributed by atoms with van der Waals surface area (Å²) in [6.45, 7) is 1.66. The molecule has 4 heteroatoms. The van der Waals surface area contributed by atoms with Gasteiger partial charge >= 0.3 is 0 Å². The molecule has 1 unspecified atom stereocenters. The number of aryl methyl sites for hydroxylation is 1. The molecule has 0 fully saturated rings. The average molecular weight is 271 g/mol. The molecule has 1 aliphatic heterocycles. The molecule has 1 aliphatic rings. The smallest absolute Gasteiger partial charge is 0.228 e. The van der Waals surface area contributed by atoms with Crippen LogP contribution in [-0.4, -0.2) is 11.0 Å². The molecule has 20 heavy (non-hydrogen) atoms. The van der Waals surface area contributed by atoms with Crippen LogP contribution in [0.5, 0.6) is 0 Å². The molecule has 1 heterocycles. The molecule has 0 spiro atoms. The average Bonchev–Trinajstić information content (AvgIpc) is 2.80. The Labute approximate surface area is 116 Å². The predicted octanol–water partition coefficient (Wildman–Crippen LogP) is 2.71. The van der Waals surface area contributed by atoms with E-state index in [2.05, 4.69) is 5.32 Å². The molecule has 0 aromatic heterocycles. The molecule has 2 N–H and O–H groups in total. The highest BCUT2D eigenvalue weighted by molar-refractivity contribution is 5.99. The zero-order valence-electron chi connectivity index (χ0n) is 11.0. The van der Waals surface area contributed by atoms with Gasteiger partial charge in [0, 0.05) is 5.69 Å². The van der Waals surface area contributed by atoms with Gasteiger partial charge in [0.25, 0.3) is 0 Å². The van der Waals surface area contributed by atoms with Gasteiger partial charge in [-0.1, -0.05) is 24.3 Å². The number of carbonyl (C=O) groups is 1. The summed E-state index contributed by atoms with van der Waals surface area (Å²) in [7, 11) is 0. The van der Waals surface area contributed by atoms with Gasteiger partial charge in [0.15, 0.2) is 0 Å². The number of aliphatic hydroxyl groups is 1. The van der Waals surface area contributed by atoms with E-state index in [1.54, 1.807) is 31.2 Å². The second-order valence-corrected chi connectivity index (χ2v) is 5.05. The maximum Gasteiger partial charge on any atom is 0.228 e. The number of amides is 1. The number of rotatable bonds is 2. The molecular formula is C16H14FNO2. The van der Waals surface area contributed by atoms with Crippen molar-refractivity contribution in [1.29, 1.82) is 0 Å². The number of carbonyl (C=O) groups excluding carboxylic acids is 1. The zero-order valence-corrected chi connectivity index (χ0v) is 11.0. The first kappa shape index (κ1) is 12.8. The second kappa shape index (κ2) is 4.72. The monoisotopic (exact) mass is 271 g/mol. The summed E-state index contributed by atoms with van der Waals surface area (Å²) in [5, 5.41) is 13.1. The van der Waals surface area contributed by atoms with Gasteiger partial charge in [-0.05, 0) is 41.3 Å².